The summed E-state index contributed by atoms with van der Waals surface area (Å²) in [7, 11) is 0. The van der Waals surface area contributed by atoms with Crippen LogP contribution in [0.3, 0.4) is 0 Å². The van der Waals surface area contributed by atoms with Gasteiger partial charge in [-0.3, -0.25) is 9.98 Å². The highest BCUT2D eigenvalue weighted by Crippen LogP contribution is 2.33. The molecule has 0 saturated carbocycles. The summed E-state index contributed by atoms with van der Waals surface area (Å²) in [6.07, 6.45) is 0. The van der Waals surface area contributed by atoms with Gasteiger partial charge in [-0.2, -0.15) is 0 Å². The van der Waals surface area contributed by atoms with E-state index in [0.717, 1.165) is 46.5 Å². The first-order valence-corrected chi connectivity index (χ1v) is 9.52. The molecule has 0 radical (unpaired) electrons. The van der Waals surface area contributed by atoms with Gasteiger partial charge in [0.2, 0.25) is 0 Å². The van der Waals surface area contributed by atoms with Gasteiger partial charge in [-0.05, 0) is 24.3 Å². The Labute approximate surface area is 155 Å². The molecule has 122 valence electrons. The number of fused-ring (bicyclic) bond motifs is 1. The average molecular weight is 376 g/mol. The highest BCUT2D eigenvalue weighted by atomic mass is 35.5. The number of thioether (sulfide) groups is 1. The lowest BCUT2D eigenvalue weighted by Gasteiger charge is -2.24. The fourth-order valence-corrected chi connectivity index (χ4v) is 4.26. The van der Waals surface area contributed by atoms with E-state index in [4.69, 9.17) is 28.2 Å². The van der Waals surface area contributed by atoms with E-state index in [9.17, 15) is 0 Å². The van der Waals surface area contributed by atoms with Crippen molar-refractivity contribution in [2.45, 2.75) is 0 Å². The predicted octanol–water partition coefficient (Wildman–Crippen LogP) is 4.75. The standard InChI is InChI=1S/C18H15Cl2N3S/c19-12-5-6-16-14(11-12)17(13-3-1-2-4-15(13)20)21-7-9-23(16)18-22-8-10-24-18/h1-6,11H,7-10H2. The van der Waals surface area contributed by atoms with E-state index >= 15 is 0 Å². The topological polar surface area (TPSA) is 28.0 Å². The molecule has 0 bridgehead atoms. The van der Waals surface area contributed by atoms with E-state index in [2.05, 4.69) is 16.0 Å². The molecule has 2 aliphatic rings. The molecule has 2 aliphatic heterocycles. The van der Waals surface area contributed by atoms with Crippen LogP contribution in [0.2, 0.25) is 10.0 Å². The first kappa shape index (κ1) is 16.0. The first-order chi connectivity index (χ1) is 11.7. The summed E-state index contributed by atoms with van der Waals surface area (Å²) >= 11 is 14.5. The van der Waals surface area contributed by atoms with Gasteiger partial charge in [0.1, 0.15) is 0 Å². The quantitative estimate of drug-likeness (QED) is 0.718. The summed E-state index contributed by atoms with van der Waals surface area (Å²) in [5, 5.41) is 2.45. The summed E-state index contributed by atoms with van der Waals surface area (Å²) in [4.78, 5) is 11.7. The Morgan fingerprint density at radius 2 is 1.83 bits per heavy atom. The van der Waals surface area contributed by atoms with Crippen molar-refractivity contribution < 1.29 is 0 Å². The van der Waals surface area contributed by atoms with Crippen molar-refractivity contribution in [3.05, 3.63) is 63.6 Å². The molecule has 0 aliphatic carbocycles. The van der Waals surface area contributed by atoms with Gasteiger partial charge >= 0.3 is 0 Å². The lowest BCUT2D eigenvalue weighted by molar-refractivity contribution is 0.956. The first-order valence-electron chi connectivity index (χ1n) is 7.78. The third kappa shape index (κ3) is 2.94. The summed E-state index contributed by atoms with van der Waals surface area (Å²) in [5.74, 6) is 1.03. The van der Waals surface area contributed by atoms with Gasteiger partial charge in [0.25, 0.3) is 0 Å². The van der Waals surface area contributed by atoms with Gasteiger partial charge in [-0.1, -0.05) is 53.2 Å². The zero-order chi connectivity index (χ0) is 16.5. The average Bonchev–Trinajstić information content (AvgIpc) is 3.05. The number of aliphatic imine (C=N–C) groups is 2. The van der Waals surface area contributed by atoms with Crippen molar-refractivity contribution in [2.24, 2.45) is 9.98 Å². The second-order valence-electron chi connectivity index (χ2n) is 5.54. The molecular formula is C18H15Cl2N3S. The number of amidine groups is 1. The number of benzodiazepines with no additional fused rings is 1. The van der Waals surface area contributed by atoms with Gasteiger partial charge in [-0.25, -0.2) is 0 Å². The summed E-state index contributed by atoms with van der Waals surface area (Å²) in [5.41, 5.74) is 3.92. The molecule has 0 saturated heterocycles. The molecule has 0 N–H and O–H groups in total. The molecule has 2 aromatic carbocycles. The molecule has 3 nitrogen and oxygen atoms in total. The Hall–Kier alpha value is -1.49. The number of benzene rings is 2. The van der Waals surface area contributed by atoms with Crippen LogP contribution >= 0.6 is 35.0 Å². The molecule has 4 rings (SSSR count). The molecule has 2 heterocycles. The zero-order valence-electron chi connectivity index (χ0n) is 12.9. The fraction of sp³-hybridized carbons (Fsp3) is 0.222. The minimum absolute atomic E-state index is 0.687. The number of hydrogen-bond acceptors (Lipinski definition) is 4. The highest BCUT2D eigenvalue weighted by Gasteiger charge is 2.25. The molecule has 2 aromatic rings. The highest BCUT2D eigenvalue weighted by molar-refractivity contribution is 8.14. The van der Waals surface area contributed by atoms with Crippen molar-refractivity contribution in [1.82, 2.24) is 0 Å². The normalized spacial score (nSPS) is 17.2. The largest absolute Gasteiger partial charge is 0.319 e. The number of nitrogens with zero attached hydrogens (tertiary/aromatic N) is 3. The molecule has 0 aromatic heterocycles. The fourth-order valence-electron chi connectivity index (χ4n) is 2.97. The van der Waals surface area contributed by atoms with Crippen LogP contribution in [0.25, 0.3) is 0 Å². The molecule has 0 atom stereocenters. The van der Waals surface area contributed by atoms with Crippen LogP contribution in [0, 0.1) is 0 Å². The molecule has 0 unspecified atom stereocenters. The minimum atomic E-state index is 0.687. The van der Waals surface area contributed by atoms with E-state index in [1.165, 1.54) is 0 Å². The van der Waals surface area contributed by atoms with Gasteiger partial charge in [0, 0.05) is 33.5 Å². The molecule has 0 spiro atoms. The molecule has 24 heavy (non-hydrogen) atoms. The second kappa shape index (κ2) is 6.79. The predicted molar refractivity (Wildman–Crippen MR) is 106 cm³/mol. The Morgan fingerprint density at radius 3 is 2.62 bits per heavy atom. The SMILES string of the molecule is Clc1ccc2c(c1)C(c1ccccc1Cl)=NCCN2C1=NCCS1. The maximum Gasteiger partial charge on any atom is 0.163 e. The summed E-state index contributed by atoms with van der Waals surface area (Å²) in [6, 6.07) is 13.7. The van der Waals surface area contributed by atoms with Crippen molar-refractivity contribution >= 4 is 51.5 Å². The van der Waals surface area contributed by atoms with Crippen molar-refractivity contribution in [3.63, 3.8) is 0 Å². The Kier molecular flexibility index (Phi) is 4.53. The Morgan fingerprint density at radius 1 is 0.958 bits per heavy atom. The van der Waals surface area contributed by atoms with Crippen LogP contribution in [-0.2, 0) is 0 Å². The summed E-state index contributed by atoms with van der Waals surface area (Å²) in [6.45, 7) is 2.36. The smallest absolute Gasteiger partial charge is 0.163 e. The molecule has 0 amide bonds. The van der Waals surface area contributed by atoms with Gasteiger partial charge < -0.3 is 4.90 Å². The maximum absolute atomic E-state index is 6.43. The van der Waals surface area contributed by atoms with Crippen LogP contribution < -0.4 is 4.90 Å². The van der Waals surface area contributed by atoms with Crippen LogP contribution in [0.4, 0.5) is 5.69 Å². The van der Waals surface area contributed by atoms with E-state index in [1.54, 1.807) is 11.8 Å². The number of anilines is 1. The van der Waals surface area contributed by atoms with Crippen molar-refractivity contribution in [3.8, 4) is 0 Å². The van der Waals surface area contributed by atoms with Crippen LogP contribution in [0.15, 0.2) is 52.4 Å². The van der Waals surface area contributed by atoms with Gasteiger partial charge in [-0.15, -0.1) is 0 Å². The van der Waals surface area contributed by atoms with Gasteiger partial charge in [0.15, 0.2) is 5.17 Å². The Bertz CT molecular complexity index is 848. The maximum atomic E-state index is 6.43. The molecular weight excluding hydrogens is 361 g/mol. The third-order valence-electron chi connectivity index (χ3n) is 4.03. The number of hydrogen-bond donors (Lipinski definition) is 0. The van der Waals surface area contributed by atoms with Crippen LogP contribution in [-0.4, -0.2) is 36.3 Å². The molecule has 6 heteroatoms. The van der Waals surface area contributed by atoms with E-state index in [1.807, 2.05) is 36.4 Å². The van der Waals surface area contributed by atoms with E-state index in [-0.39, 0.29) is 0 Å². The lowest BCUT2D eigenvalue weighted by Crippen LogP contribution is -2.30. The zero-order valence-corrected chi connectivity index (χ0v) is 15.2. The lowest BCUT2D eigenvalue weighted by atomic mass is 10.00. The molecule has 0 fully saturated rings. The number of halogens is 2. The monoisotopic (exact) mass is 375 g/mol. The Balaban J connectivity index is 1.87. The van der Waals surface area contributed by atoms with Gasteiger partial charge in [0.05, 0.1) is 24.5 Å². The summed E-state index contributed by atoms with van der Waals surface area (Å²) < 4.78 is 0. The third-order valence-corrected chi connectivity index (χ3v) is 5.59. The van der Waals surface area contributed by atoms with Crippen LogP contribution in [0.1, 0.15) is 11.1 Å². The van der Waals surface area contributed by atoms with E-state index < -0.39 is 0 Å². The van der Waals surface area contributed by atoms with E-state index in [0.29, 0.717) is 16.6 Å². The van der Waals surface area contributed by atoms with Crippen LogP contribution in [0.5, 0.6) is 0 Å². The van der Waals surface area contributed by atoms with Crippen molar-refractivity contribution in [1.29, 1.82) is 0 Å². The minimum Gasteiger partial charge on any atom is -0.319 e. The second-order valence-corrected chi connectivity index (χ2v) is 7.44. The van der Waals surface area contributed by atoms with Crippen molar-refractivity contribution in [2.75, 3.05) is 30.3 Å². The number of rotatable bonds is 1.